The van der Waals surface area contributed by atoms with Crippen LogP contribution in [0, 0.1) is 5.82 Å². The molecule has 0 bridgehead atoms. The van der Waals surface area contributed by atoms with Crippen LogP contribution in [-0.2, 0) is 0 Å². The third-order valence-corrected chi connectivity index (χ3v) is 3.50. The van der Waals surface area contributed by atoms with Crippen LogP contribution in [0.3, 0.4) is 0 Å². The van der Waals surface area contributed by atoms with Gasteiger partial charge in [-0.05, 0) is 30.7 Å². The molecule has 21 heavy (non-hydrogen) atoms. The molecule has 0 aliphatic carbocycles. The molecular formula is C16H15FN2O2. The fourth-order valence-electron chi connectivity index (χ4n) is 2.48. The fourth-order valence-corrected chi connectivity index (χ4v) is 2.48. The van der Waals surface area contributed by atoms with Crippen molar-refractivity contribution in [2.45, 2.75) is 6.42 Å². The van der Waals surface area contributed by atoms with Crippen LogP contribution in [0.4, 0.5) is 15.8 Å². The van der Waals surface area contributed by atoms with E-state index in [1.54, 1.807) is 4.90 Å². The maximum Gasteiger partial charge on any atom is 0.262 e. The Morgan fingerprint density at radius 2 is 2.05 bits per heavy atom. The van der Waals surface area contributed by atoms with Gasteiger partial charge in [0.05, 0.1) is 16.9 Å². The molecule has 108 valence electrons. The SMILES string of the molecule is O=C(c1ccc(F)cc1O)N1CCCNc2ccccc21. The average molecular weight is 286 g/mol. The van der Waals surface area contributed by atoms with Crippen molar-refractivity contribution < 1.29 is 14.3 Å². The normalized spacial score (nSPS) is 14.0. The van der Waals surface area contributed by atoms with Gasteiger partial charge < -0.3 is 15.3 Å². The molecule has 0 unspecified atom stereocenters. The highest BCUT2D eigenvalue weighted by atomic mass is 19.1. The van der Waals surface area contributed by atoms with E-state index >= 15 is 0 Å². The van der Waals surface area contributed by atoms with Crippen LogP contribution in [0.2, 0.25) is 0 Å². The van der Waals surface area contributed by atoms with E-state index in [9.17, 15) is 14.3 Å². The largest absolute Gasteiger partial charge is 0.507 e. The first kappa shape index (κ1) is 13.4. The standard InChI is InChI=1S/C16H15FN2O2/c17-11-6-7-12(15(20)10-11)16(21)19-9-3-8-18-13-4-1-2-5-14(13)19/h1-2,4-7,10,18,20H,3,8-9H2. The maximum atomic E-state index is 13.1. The van der Waals surface area contributed by atoms with Gasteiger partial charge in [0.1, 0.15) is 11.6 Å². The molecule has 0 fully saturated rings. The van der Waals surface area contributed by atoms with Gasteiger partial charge in [0.15, 0.2) is 0 Å². The molecule has 2 aromatic rings. The number of phenols is 1. The Kier molecular flexibility index (Phi) is 3.48. The first-order valence-electron chi connectivity index (χ1n) is 6.80. The van der Waals surface area contributed by atoms with Crippen molar-refractivity contribution >= 4 is 17.3 Å². The summed E-state index contributed by atoms with van der Waals surface area (Å²) >= 11 is 0. The van der Waals surface area contributed by atoms with Crippen LogP contribution >= 0.6 is 0 Å². The minimum atomic E-state index is -0.568. The van der Waals surface area contributed by atoms with E-state index in [0.717, 1.165) is 30.4 Å². The Bertz CT molecular complexity index is 688. The Morgan fingerprint density at radius 1 is 1.24 bits per heavy atom. The van der Waals surface area contributed by atoms with E-state index in [4.69, 9.17) is 0 Å². The van der Waals surface area contributed by atoms with E-state index in [0.29, 0.717) is 6.54 Å². The van der Waals surface area contributed by atoms with Crippen molar-refractivity contribution in [3.05, 3.63) is 53.8 Å². The summed E-state index contributed by atoms with van der Waals surface area (Å²) in [6.07, 6.45) is 0.794. The molecule has 1 aliphatic rings. The van der Waals surface area contributed by atoms with Crippen molar-refractivity contribution in [2.75, 3.05) is 23.3 Å². The monoisotopic (exact) mass is 286 g/mol. The lowest BCUT2D eigenvalue weighted by atomic mass is 10.1. The number of para-hydroxylation sites is 2. The fraction of sp³-hybridized carbons (Fsp3) is 0.188. The molecule has 0 saturated carbocycles. The second kappa shape index (κ2) is 5.44. The quantitative estimate of drug-likeness (QED) is 0.847. The predicted octanol–water partition coefficient (Wildman–Crippen LogP) is 2.99. The van der Waals surface area contributed by atoms with Crippen LogP contribution in [-0.4, -0.2) is 24.1 Å². The number of aromatic hydroxyl groups is 1. The molecule has 1 aliphatic heterocycles. The summed E-state index contributed by atoms with van der Waals surface area (Å²) in [5.74, 6) is -1.24. The average Bonchev–Trinajstić information content (AvgIpc) is 2.69. The molecule has 0 atom stereocenters. The molecule has 0 saturated heterocycles. The van der Waals surface area contributed by atoms with E-state index in [1.165, 1.54) is 12.1 Å². The summed E-state index contributed by atoms with van der Waals surface area (Å²) in [4.78, 5) is 14.3. The molecular weight excluding hydrogens is 271 g/mol. The maximum absolute atomic E-state index is 13.1. The van der Waals surface area contributed by atoms with Crippen LogP contribution < -0.4 is 10.2 Å². The summed E-state index contributed by atoms with van der Waals surface area (Å²) in [7, 11) is 0. The topological polar surface area (TPSA) is 52.6 Å². The van der Waals surface area contributed by atoms with E-state index < -0.39 is 5.82 Å². The van der Waals surface area contributed by atoms with Crippen molar-refractivity contribution in [1.29, 1.82) is 0 Å². The Balaban J connectivity index is 2.01. The zero-order chi connectivity index (χ0) is 14.8. The Hall–Kier alpha value is -2.56. The van der Waals surface area contributed by atoms with E-state index in [1.807, 2.05) is 24.3 Å². The number of anilines is 2. The number of nitrogens with zero attached hydrogens (tertiary/aromatic N) is 1. The zero-order valence-electron chi connectivity index (χ0n) is 11.3. The molecule has 1 heterocycles. The van der Waals surface area contributed by atoms with Crippen molar-refractivity contribution in [2.24, 2.45) is 0 Å². The molecule has 4 nitrogen and oxygen atoms in total. The van der Waals surface area contributed by atoms with Gasteiger partial charge in [0.25, 0.3) is 5.91 Å². The number of rotatable bonds is 1. The van der Waals surface area contributed by atoms with Crippen LogP contribution in [0.25, 0.3) is 0 Å². The van der Waals surface area contributed by atoms with Gasteiger partial charge in [-0.15, -0.1) is 0 Å². The molecule has 0 radical (unpaired) electrons. The van der Waals surface area contributed by atoms with Crippen molar-refractivity contribution in [1.82, 2.24) is 0 Å². The minimum absolute atomic E-state index is 0.105. The number of benzene rings is 2. The van der Waals surface area contributed by atoms with Crippen molar-refractivity contribution in [3.8, 4) is 5.75 Å². The molecule has 2 N–H and O–H groups in total. The van der Waals surface area contributed by atoms with E-state index in [-0.39, 0.29) is 17.2 Å². The lowest BCUT2D eigenvalue weighted by Crippen LogP contribution is -2.31. The van der Waals surface area contributed by atoms with Gasteiger partial charge in [-0.25, -0.2) is 4.39 Å². The third-order valence-electron chi connectivity index (χ3n) is 3.50. The Labute approximate surface area is 121 Å². The predicted molar refractivity (Wildman–Crippen MR) is 79.3 cm³/mol. The minimum Gasteiger partial charge on any atom is -0.507 e. The van der Waals surface area contributed by atoms with Gasteiger partial charge in [0, 0.05) is 19.2 Å². The highest BCUT2D eigenvalue weighted by Crippen LogP contribution is 2.30. The number of phenolic OH excluding ortho intramolecular Hbond substituents is 1. The van der Waals surface area contributed by atoms with Crippen LogP contribution in [0.5, 0.6) is 5.75 Å². The first-order valence-corrected chi connectivity index (χ1v) is 6.80. The number of fused-ring (bicyclic) bond motifs is 1. The van der Waals surface area contributed by atoms with Gasteiger partial charge >= 0.3 is 0 Å². The highest BCUT2D eigenvalue weighted by molar-refractivity contribution is 6.09. The zero-order valence-corrected chi connectivity index (χ0v) is 11.3. The second-order valence-corrected chi connectivity index (χ2v) is 4.92. The molecule has 3 rings (SSSR count). The van der Waals surface area contributed by atoms with Crippen LogP contribution in [0.15, 0.2) is 42.5 Å². The lowest BCUT2D eigenvalue weighted by molar-refractivity contribution is 0.0984. The summed E-state index contributed by atoms with van der Waals surface area (Å²) in [6, 6.07) is 11.0. The van der Waals surface area contributed by atoms with Crippen LogP contribution in [0.1, 0.15) is 16.8 Å². The second-order valence-electron chi connectivity index (χ2n) is 4.92. The molecule has 1 amide bonds. The first-order chi connectivity index (χ1) is 10.2. The smallest absolute Gasteiger partial charge is 0.262 e. The van der Waals surface area contributed by atoms with Crippen molar-refractivity contribution in [3.63, 3.8) is 0 Å². The number of carbonyl (C=O) groups excluding carboxylic acids is 1. The molecule has 5 heteroatoms. The molecule has 2 aromatic carbocycles. The summed E-state index contributed by atoms with van der Waals surface area (Å²) in [5, 5.41) is 13.1. The Morgan fingerprint density at radius 3 is 2.86 bits per heavy atom. The summed E-state index contributed by atoms with van der Waals surface area (Å²) < 4.78 is 13.1. The van der Waals surface area contributed by atoms with Gasteiger partial charge in [-0.3, -0.25) is 4.79 Å². The van der Waals surface area contributed by atoms with Gasteiger partial charge in [0.2, 0.25) is 0 Å². The number of hydrogen-bond donors (Lipinski definition) is 2. The van der Waals surface area contributed by atoms with Gasteiger partial charge in [-0.2, -0.15) is 0 Å². The highest BCUT2D eigenvalue weighted by Gasteiger charge is 2.24. The number of amides is 1. The lowest BCUT2D eigenvalue weighted by Gasteiger charge is -2.22. The molecule has 0 aromatic heterocycles. The number of nitrogens with one attached hydrogen (secondary N) is 1. The molecule has 0 spiro atoms. The summed E-state index contributed by atoms with van der Waals surface area (Å²) in [6.45, 7) is 1.32. The number of hydrogen-bond acceptors (Lipinski definition) is 3. The third kappa shape index (κ3) is 2.54. The number of halogens is 1. The summed E-state index contributed by atoms with van der Waals surface area (Å²) in [5.41, 5.74) is 1.75. The van der Waals surface area contributed by atoms with Gasteiger partial charge in [-0.1, -0.05) is 12.1 Å². The number of carbonyl (C=O) groups is 1. The van der Waals surface area contributed by atoms with E-state index in [2.05, 4.69) is 5.32 Å².